The molecule has 1 aliphatic heterocycles. The lowest BCUT2D eigenvalue weighted by molar-refractivity contribution is -0.123. The van der Waals surface area contributed by atoms with Crippen molar-refractivity contribution in [2.75, 3.05) is 45.9 Å². The standard InChI is InChI=1S/C25H35N3O2/c1-22(19-27-15-17-30-18-16-27)28(20-24-11-6-3-7-12-24)21-25(29)26-14-8-13-23-9-4-2-5-10-23/h2-7,9-12,22H,8,13-21H2,1H3,(H,26,29). The topological polar surface area (TPSA) is 44.8 Å². The first kappa shape index (κ1) is 22.5. The maximum atomic E-state index is 12.7. The number of aryl methyl sites for hydroxylation is 1. The Bertz CT molecular complexity index is 733. The molecule has 0 saturated carbocycles. The van der Waals surface area contributed by atoms with Gasteiger partial charge in [-0.25, -0.2) is 0 Å². The summed E-state index contributed by atoms with van der Waals surface area (Å²) in [6, 6.07) is 21.1. The first-order valence-electron chi connectivity index (χ1n) is 11.1. The quantitative estimate of drug-likeness (QED) is 0.580. The Labute approximate surface area is 181 Å². The van der Waals surface area contributed by atoms with Crippen molar-refractivity contribution in [1.82, 2.24) is 15.1 Å². The molecule has 2 aromatic rings. The molecule has 1 atom stereocenters. The molecule has 1 amide bonds. The normalized spacial score (nSPS) is 15.8. The molecule has 0 bridgehead atoms. The van der Waals surface area contributed by atoms with Crippen molar-refractivity contribution in [3.63, 3.8) is 0 Å². The van der Waals surface area contributed by atoms with Gasteiger partial charge in [0.25, 0.3) is 0 Å². The third-order valence-corrected chi connectivity index (χ3v) is 5.63. The molecule has 0 aromatic heterocycles. The van der Waals surface area contributed by atoms with E-state index < -0.39 is 0 Å². The van der Waals surface area contributed by atoms with E-state index in [1.54, 1.807) is 0 Å². The van der Waals surface area contributed by atoms with E-state index >= 15 is 0 Å². The molecule has 1 heterocycles. The van der Waals surface area contributed by atoms with Gasteiger partial charge in [0.05, 0.1) is 19.8 Å². The maximum Gasteiger partial charge on any atom is 0.234 e. The van der Waals surface area contributed by atoms with Gasteiger partial charge in [-0.15, -0.1) is 0 Å². The highest BCUT2D eigenvalue weighted by atomic mass is 16.5. The Morgan fingerprint density at radius 1 is 1.03 bits per heavy atom. The predicted octanol–water partition coefficient (Wildman–Crippen LogP) is 2.96. The van der Waals surface area contributed by atoms with E-state index in [4.69, 9.17) is 4.74 Å². The van der Waals surface area contributed by atoms with Gasteiger partial charge in [-0.2, -0.15) is 0 Å². The van der Waals surface area contributed by atoms with E-state index in [1.165, 1.54) is 11.1 Å². The van der Waals surface area contributed by atoms with Gasteiger partial charge < -0.3 is 10.1 Å². The minimum atomic E-state index is 0.104. The summed E-state index contributed by atoms with van der Waals surface area (Å²) < 4.78 is 5.47. The van der Waals surface area contributed by atoms with E-state index in [0.717, 1.165) is 52.2 Å². The fourth-order valence-electron chi connectivity index (χ4n) is 3.86. The number of benzene rings is 2. The second kappa shape index (κ2) is 12.5. The molecule has 2 aromatic carbocycles. The van der Waals surface area contributed by atoms with Gasteiger partial charge in [-0.3, -0.25) is 14.6 Å². The molecular formula is C25H35N3O2. The molecule has 5 heteroatoms. The summed E-state index contributed by atoms with van der Waals surface area (Å²) in [4.78, 5) is 17.4. The number of nitrogens with zero attached hydrogens (tertiary/aromatic N) is 2. The summed E-state index contributed by atoms with van der Waals surface area (Å²) in [5.41, 5.74) is 2.56. The average molecular weight is 410 g/mol. The van der Waals surface area contributed by atoms with Crippen molar-refractivity contribution >= 4 is 5.91 Å². The van der Waals surface area contributed by atoms with Gasteiger partial charge in [-0.05, 0) is 30.9 Å². The minimum absolute atomic E-state index is 0.104. The van der Waals surface area contributed by atoms with E-state index in [-0.39, 0.29) is 5.91 Å². The van der Waals surface area contributed by atoms with Gasteiger partial charge in [0.2, 0.25) is 5.91 Å². The molecule has 0 radical (unpaired) electrons. The number of hydrogen-bond donors (Lipinski definition) is 1. The lowest BCUT2D eigenvalue weighted by Crippen LogP contribution is -2.48. The van der Waals surface area contributed by atoms with Crippen LogP contribution in [0.4, 0.5) is 0 Å². The minimum Gasteiger partial charge on any atom is -0.379 e. The summed E-state index contributed by atoms with van der Waals surface area (Å²) in [5, 5.41) is 3.11. The Morgan fingerprint density at radius 3 is 2.33 bits per heavy atom. The molecule has 1 unspecified atom stereocenters. The fraction of sp³-hybridized carbons (Fsp3) is 0.480. The highest BCUT2D eigenvalue weighted by Gasteiger charge is 2.21. The average Bonchev–Trinajstić information content (AvgIpc) is 2.78. The number of carbonyl (C=O) groups excluding carboxylic acids is 1. The van der Waals surface area contributed by atoms with Crippen molar-refractivity contribution in [3.05, 3.63) is 71.8 Å². The van der Waals surface area contributed by atoms with E-state index in [0.29, 0.717) is 19.1 Å². The van der Waals surface area contributed by atoms with Crippen molar-refractivity contribution in [2.24, 2.45) is 0 Å². The van der Waals surface area contributed by atoms with Crippen molar-refractivity contribution < 1.29 is 9.53 Å². The van der Waals surface area contributed by atoms with Gasteiger partial charge in [0, 0.05) is 38.8 Å². The zero-order chi connectivity index (χ0) is 21.0. The van der Waals surface area contributed by atoms with Crippen molar-refractivity contribution in [3.8, 4) is 0 Å². The van der Waals surface area contributed by atoms with Crippen LogP contribution in [0, 0.1) is 0 Å². The lowest BCUT2D eigenvalue weighted by atomic mass is 10.1. The molecule has 162 valence electrons. The molecular weight excluding hydrogens is 374 g/mol. The van der Waals surface area contributed by atoms with Crippen LogP contribution < -0.4 is 5.32 Å². The van der Waals surface area contributed by atoms with E-state index in [9.17, 15) is 4.79 Å². The zero-order valence-electron chi connectivity index (χ0n) is 18.1. The van der Waals surface area contributed by atoms with Crippen LogP contribution >= 0.6 is 0 Å². The third kappa shape index (κ3) is 7.90. The van der Waals surface area contributed by atoms with Gasteiger partial charge in [0.1, 0.15) is 0 Å². The van der Waals surface area contributed by atoms with Crippen molar-refractivity contribution in [1.29, 1.82) is 0 Å². The van der Waals surface area contributed by atoms with Crippen LogP contribution in [0.2, 0.25) is 0 Å². The molecule has 1 saturated heterocycles. The molecule has 5 nitrogen and oxygen atoms in total. The number of nitrogens with one attached hydrogen (secondary N) is 1. The summed E-state index contributed by atoms with van der Waals surface area (Å²) in [5.74, 6) is 0.104. The van der Waals surface area contributed by atoms with Crippen LogP contribution in [0.15, 0.2) is 60.7 Å². The number of amides is 1. The Hall–Kier alpha value is -2.21. The Kier molecular flexibility index (Phi) is 9.35. The second-order valence-electron chi connectivity index (χ2n) is 8.09. The Balaban J connectivity index is 1.49. The molecule has 1 N–H and O–H groups in total. The molecule has 30 heavy (non-hydrogen) atoms. The molecule has 0 spiro atoms. The van der Waals surface area contributed by atoms with Gasteiger partial charge in [0.15, 0.2) is 0 Å². The number of ether oxygens (including phenoxy) is 1. The highest BCUT2D eigenvalue weighted by Crippen LogP contribution is 2.11. The van der Waals surface area contributed by atoms with Crippen LogP contribution in [0.3, 0.4) is 0 Å². The predicted molar refractivity (Wildman–Crippen MR) is 121 cm³/mol. The first-order valence-corrected chi connectivity index (χ1v) is 11.1. The second-order valence-corrected chi connectivity index (χ2v) is 8.09. The Morgan fingerprint density at radius 2 is 1.67 bits per heavy atom. The zero-order valence-corrected chi connectivity index (χ0v) is 18.1. The summed E-state index contributed by atoms with van der Waals surface area (Å²) >= 11 is 0. The number of morpholine rings is 1. The number of carbonyl (C=O) groups is 1. The molecule has 0 aliphatic carbocycles. The third-order valence-electron chi connectivity index (χ3n) is 5.63. The largest absolute Gasteiger partial charge is 0.379 e. The van der Waals surface area contributed by atoms with Crippen LogP contribution in [-0.2, 0) is 22.5 Å². The van der Waals surface area contributed by atoms with Gasteiger partial charge in [-0.1, -0.05) is 60.7 Å². The fourth-order valence-corrected chi connectivity index (χ4v) is 3.86. The monoisotopic (exact) mass is 409 g/mol. The van der Waals surface area contributed by atoms with Crippen LogP contribution in [-0.4, -0.2) is 67.7 Å². The van der Waals surface area contributed by atoms with E-state index in [1.807, 2.05) is 12.1 Å². The molecule has 1 fully saturated rings. The van der Waals surface area contributed by atoms with Crippen LogP contribution in [0.25, 0.3) is 0 Å². The summed E-state index contributed by atoms with van der Waals surface area (Å²) in [6.07, 6.45) is 1.94. The highest BCUT2D eigenvalue weighted by molar-refractivity contribution is 5.78. The van der Waals surface area contributed by atoms with Crippen molar-refractivity contribution in [2.45, 2.75) is 32.4 Å². The van der Waals surface area contributed by atoms with Gasteiger partial charge >= 0.3 is 0 Å². The van der Waals surface area contributed by atoms with Crippen LogP contribution in [0.5, 0.6) is 0 Å². The first-order chi connectivity index (χ1) is 14.7. The SMILES string of the molecule is CC(CN1CCOCC1)N(CC(=O)NCCCc1ccccc1)Cc1ccccc1. The number of rotatable bonds is 11. The summed E-state index contributed by atoms with van der Waals surface area (Å²) in [6.45, 7) is 8.63. The molecule has 3 rings (SSSR count). The number of hydrogen-bond acceptors (Lipinski definition) is 4. The van der Waals surface area contributed by atoms with E-state index in [2.05, 4.69) is 70.6 Å². The summed E-state index contributed by atoms with van der Waals surface area (Å²) in [7, 11) is 0. The van der Waals surface area contributed by atoms with Crippen LogP contribution in [0.1, 0.15) is 24.5 Å². The smallest absolute Gasteiger partial charge is 0.234 e. The molecule has 1 aliphatic rings. The lowest BCUT2D eigenvalue weighted by Gasteiger charge is -2.34. The maximum absolute atomic E-state index is 12.7.